The van der Waals surface area contributed by atoms with Gasteiger partial charge >= 0.3 is 0 Å². The van der Waals surface area contributed by atoms with Crippen molar-refractivity contribution in [2.45, 2.75) is 13.8 Å². The van der Waals surface area contributed by atoms with Crippen molar-refractivity contribution >= 4 is 49.7 Å². The summed E-state index contributed by atoms with van der Waals surface area (Å²) >= 11 is 4.78. The van der Waals surface area contributed by atoms with Gasteiger partial charge in [0.15, 0.2) is 5.13 Å². The van der Waals surface area contributed by atoms with Crippen molar-refractivity contribution < 1.29 is 4.79 Å². The minimum atomic E-state index is -0.220. The predicted molar refractivity (Wildman–Crippen MR) is 103 cm³/mol. The number of thiazole rings is 1. The van der Waals surface area contributed by atoms with E-state index in [9.17, 15) is 4.79 Å². The SMILES string of the molecule is Cc1ccc(Nc2nc(C(=O)Nc3ccc(Br)cc3)cs2)c(C)c1. The van der Waals surface area contributed by atoms with Gasteiger partial charge in [0.1, 0.15) is 5.69 Å². The van der Waals surface area contributed by atoms with E-state index in [1.807, 2.05) is 43.3 Å². The zero-order valence-electron chi connectivity index (χ0n) is 13.3. The molecule has 0 aliphatic heterocycles. The van der Waals surface area contributed by atoms with E-state index in [1.165, 1.54) is 16.9 Å². The lowest BCUT2D eigenvalue weighted by Crippen LogP contribution is -2.12. The van der Waals surface area contributed by atoms with E-state index in [0.717, 1.165) is 21.4 Å². The van der Waals surface area contributed by atoms with Crippen molar-refractivity contribution in [1.82, 2.24) is 4.98 Å². The maximum absolute atomic E-state index is 12.3. The Balaban J connectivity index is 1.70. The predicted octanol–water partition coefficient (Wildman–Crippen LogP) is 5.52. The first-order valence-electron chi connectivity index (χ1n) is 7.38. The van der Waals surface area contributed by atoms with E-state index < -0.39 is 0 Å². The Morgan fingerprint density at radius 3 is 2.58 bits per heavy atom. The van der Waals surface area contributed by atoms with Gasteiger partial charge in [-0.2, -0.15) is 0 Å². The van der Waals surface area contributed by atoms with Gasteiger partial charge in [-0.3, -0.25) is 4.79 Å². The van der Waals surface area contributed by atoms with Crippen LogP contribution in [0.3, 0.4) is 0 Å². The molecule has 0 fully saturated rings. The summed E-state index contributed by atoms with van der Waals surface area (Å²) in [5.41, 5.74) is 4.49. The molecule has 3 aromatic rings. The standard InChI is InChI=1S/C18H16BrN3OS/c1-11-3-8-15(12(2)9-11)21-18-22-16(10-24-18)17(23)20-14-6-4-13(19)5-7-14/h3-10H,1-2H3,(H,20,23)(H,21,22). The molecule has 0 radical (unpaired) electrons. The van der Waals surface area contributed by atoms with Crippen molar-refractivity contribution in [1.29, 1.82) is 0 Å². The van der Waals surface area contributed by atoms with Crippen LogP contribution < -0.4 is 10.6 Å². The molecule has 0 saturated heterocycles. The molecule has 0 aliphatic rings. The van der Waals surface area contributed by atoms with Crippen LogP contribution in [-0.4, -0.2) is 10.9 Å². The number of anilines is 3. The number of halogens is 1. The summed E-state index contributed by atoms with van der Waals surface area (Å²) < 4.78 is 0.967. The number of carbonyl (C=O) groups excluding carboxylic acids is 1. The van der Waals surface area contributed by atoms with E-state index in [0.29, 0.717) is 10.8 Å². The molecule has 122 valence electrons. The van der Waals surface area contributed by atoms with E-state index in [4.69, 9.17) is 0 Å². The number of hydrogen-bond donors (Lipinski definition) is 2. The molecule has 2 N–H and O–H groups in total. The molecule has 0 bridgehead atoms. The molecule has 2 aromatic carbocycles. The van der Waals surface area contributed by atoms with Crippen LogP contribution in [0.25, 0.3) is 0 Å². The van der Waals surface area contributed by atoms with Crippen molar-refractivity contribution in [3.8, 4) is 0 Å². The van der Waals surface area contributed by atoms with Crippen LogP contribution in [0.2, 0.25) is 0 Å². The van der Waals surface area contributed by atoms with Crippen LogP contribution in [0, 0.1) is 13.8 Å². The third-order valence-corrected chi connectivity index (χ3v) is 4.75. The summed E-state index contributed by atoms with van der Waals surface area (Å²) in [6.07, 6.45) is 0. The van der Waals surface area contributed by atoms with Crippen LogP contribution in [0.1, 0.15) is 21.6 Å². The van der Waals surface area contributed by atoms with E-state index >= 15 is 0 Å². The fourth-order valence-corrected chi connectivity index (χ4v) is 3.20. The first-order chi connectivity index (χ1) is 11.5. The molecular weight excluding hydrogens is 386 g/mol. The zero-order chi connectivity index (χ0) is 17.1. The topological polar surface area (TPSA) is 54.0 Å². The molecule has 6 heteroatoms. The average Bonchev–Trinajstić information content (AvgIpc) is 3.01. The Bertz CT molecular complexity index is 874. The largest absolute Gasteiger partial charge is 0.331 e. The molecule has 0 unspecified atom stereocenters. The van der Waals surface area contributed by atoms with Crippen molar-refractivity contribution in [3.63, 3.8) is 0 Å². The Hall–Kier alpha value is -2.18. The highest BCUT2D eigenvalue weighted by molar-refractivity contribution is 9.10. The molecule has 1 heterocycles. The van der Waals surface area contributed by atoms with Gasteiger partial charge in [0.25, 0.3) is 5.91 Å². The summed E-state index contributed by atoms with van der Waals surface area (Å²) in [6, 6.07) is 13.6. The van der Waals surface area contributed by atoms with Crippen LogP contribution in [0.15, 0.2) is 52.3 Å². The number of aryl methyl sites for hydroxylation is 2. The van der Waals surface area contributed by atoms with E-state index in [1.54, 1.807) is 5.38 Å². The van der Waals surface area contributed by atoms with Crippen LogP contribution >= 0.6 is 27.3 Å². The molecular formula is C18H16BrN3OS. The number of nitrogens with zero attached hydrogens (tertiary/aromatic N) is 1. The molecule has 24 heavy (non-hydrogen) atoms. The number of nitrogens with one attached hydrogen (secondary N) is 2. The van der Waals surface area contributed by atoms with Gasteiger partial charge in [0.2, 0.25) is 0 Å². The van der Waals surface area contributed by atoms with Crippen molar-refractivity contribution in [2.75, 3.05) is 10.6 Å². The smallest absolute Gasteiger partial charge is 0.275 e. The number of hydrogen-bond acceptors (Lipinski definition) is 4. The summed E-state index contributed by atoms with van der Waals surface area (Å²) in [6.45, 7) is 4.11. The monoisotopic (exact) mass is 401 g/mol. The summed E-state index contributed by atoms with van der Waals surface area (Å²) in [5, 5.41) is 8.55. The quantitative estimate of drug-likeness (QED) is 0.604. The first-order valence-corrected chi connectivity index (χ1v) is 9.05. The molecule has 0 atom stereocenters. The van der Waals surface area contributed by atoms with E-state index in [2.05, 4.69) is 44.5 Å². The normalized spacial score (nSPS) is 10.5. The number of amides is 1. The summed E-state index contributed by atoms with van der Waals surface area (Å²) in [4.78, 5) is 16.6. The molecule has 1 amide bonds. The number of rotatable bonds is 4. The van der Waals surface area contributed by atoms with Crippen LogP contribution in [-0.2, 0) is 0 Å². The molecule has 1 aromatic heterocycles. The maximum Gasteiger partial charge on any atom is 0.275 e. The Labute approximate surface area is 153 Å². The lowest BCUT2D eigenvalue weighted by Gasteiger charge is -2.07. The van der Waals surface area contributed by atoms with Crippen LogP contribution in [0.5, 0.6) is 0 Å². The summed E-state index contributed by atoms with van der Waals surface area (Å²) in [5.74, 6) is -0.220. The second-order valence-corrected chi connectivity index (χ2v) is 7.22. The highest BCUT2D eigenvalue weighted by atomic mass is 79.9. The number of aromatic nitrogens is 1. The minimum Gasteiger partial charge on any atom is -0.331 e. The highest BCUT2D eigenvalue weighted by Crippen LogP contribution is 2.24. The third-order valence-electron chi connectivity index (χ3n) is 3.46. The van der Waals surface area contributed by atoms with Crippen molar-refractivity contribution in [2.24, 2.45) is 0 Å². The maximum atomic E-state index is 12.3. The molecule has 0 aliphatic carbocycles. The average molecular weight is 402 g/mol. The second-order valence-electron chi connectivity index (χ2n) is 5.44. The van der Waals surface area contributed by atoms with Crippen LogP contribution in [0.4, 0.5) is 16.5 Å². The van der Waals surface area contributed by atoms with Gasteiger partial charge in [-0.15, -0.1) is 11.3 Å². The third kappa shape index (κ3) is 4.01. The highest BCUT2D eigenvalue weighted by Gasteiger charge is 2.11. The van der Waals surface area contributed by atoms with Gasteiger partial charge in [-0.25, -0.2) is 4.98 Å². The molecule has 0 spiro atoms. The molecule has 0 saturated carbocycles. The Morgan fingerprint density at radius 1 is 1.12 bits per heavy atom. The zero-order valence-corrected chi connectivity index (χ0v) is 15.7. The van der Waals surface area contributed by atoms with Gasteiger partial charge in [-0.05, 0) is 49.7 Å². The number of benzene rings is 2. The number of carbonyl (C=O) groups is 1. The Morgan fingerprint density at radius 2 is 1.88 bits per heavy atom. The fourth-order valence-electron chi connectivity index (χ4n) is 2.23. The fraction of sp³-hybridized carbons (Fsp3) is 0.111. The lowest BCUT2D eigenvalue weighted by molar-refractivity contribution is 0.102. The van der Waals surface area contributed by atoms with Crippen molar-refractivity contribution in [3.05, 3.63) is 69.1 Å². The Kier molecular flexibility index (Phi) is 4.97. The lowest BCUT2D eigenvalue weighted by atomic mass is 10.1. The molecule has 4 nitrogen and oxygen atoms in total. The van der Waals surface area contributed by atoms with Gasteiger partial charge in [-0.1, -0.05) is 33.6 Å². The minimum absolute atomic E-state index is 0.220. The van der Waals surface area contributed by atoms with Gasteiger partial charge < -0.3 is 10.6 Å². The summed E-state index contributed by atoms with van der Waals surface area (Å²) in [7, 11) is 0. The second kappa shape index (κ2) is 7.15. The molecule has 3 rings (SSSR count). The van der Waals surface area contributed by atoms with E-state index in [-0.39, 0.29) is 5.91 Å². The van der Waals surface area contributed by atoms with Gasteiger partial charge in [0.05, 0.1) is 0 Å². The van der Waals surface area contributed by atoms with Gasteiger partial charge in [0, 0.05) is 21.2 Å². The first kappa shape index (κ1) is 16.7.